The maximum atomic E-state index is 12.4. The van der Waals surface area contributed by atoms with Gasteiger partial charge in [0.25, 0.3) is 5.91 Å². The van der Waals surface area contributed by atoms with Gasteiger partial charge in [-0.15, -0.1) is 0 Å². The lowest BCUT2D eigenvalue weighted by molar-refractivity contribution is -0.149. The molecule has 0 aliphatic carbocycles. The van der Waals surface area contributed by atoms with Gasteiger partial charge in [0, 0.05) is 16.5 Å². The lowest BCUT2D eigenvalue weighted by Gasteiger charge is -2.19. The van der Waals surface area contributed by atoms with Gasteiger partial charge in [-0.05, 0) is 43.7 Å². The Morgan fingerprint density at radius 1 is 1.08 bits per heavy atom. The normalized spacial score (nSPS) is 11.8. The summed E-state index contributed by atoms with van der Waals surface area (Å²) in [5.74, 6) is -0.731. The Morgan fingerprint density at radius 2 is 1.79 bits per heavy atom. The van der Waals surface area contributed by atoms with Crippen LogP contribution >= 0.6 is 15.9 Å². The summed E-state index contributed by atoms with van der Waals surface area (Å²) < 4.78 is 6.21. The van der Waals surface area contributed by atoms with Crippen LogP contribution in [0.1, 0.15) is 29.8 Å². The van der Waals surface area contributed by atoms with Gasteiger partial charge in [0.2, 0.25) is 0 Å². The van der Waals surface area contributed by atoms with E-state index in [1.54, 1.807) is 38.1 Å². The van der Waals surface area contributed by atoms with Crippen molar-refractivity contribution in [1.82, 2.24) is 5.32 Å². The standard InChI is InChI=1S/C19H20BrNO3/c1-13(2)24-19(23)17(12-14-7-6-10-16(20)11-14)21-18(22)15-8-4-3-5-9-15/h3-11,13,17H,12H2,1-2H3,(H,21,22). The number of ether oxygens (including phenoxy) is 1. The summed E-state index contributed by atoms with van der Waals surface area (Å²) in [6, 6.07) is 15.7. The molecule has 0 aliphatic rings. The maximum Gasteiger partial charge on any atom is 0.329 e. The number of halogens is 1. The minimum atomic E-state index is -0.741. The van der Waals surface area contributed by atoms with Crippen molar-refractivity contribution in [2.75, 3.05) is 0 Å². The first-order valence-corrected chi connectivity index (χ1v) is 8.56. The molecule has 126 valence electrons. The Bertz CT molecular complexity index is 701. The molecule has 0 spiro atoms. The summed E-state index contributed by atoms with van der Waals surface area (Å²) >= 11 is 3.41. The van der Waals surface area contributed by atoms with Crippen LogP contribution in [0, 0.1) is 0 Å². The molecule has 1 unspecified atom stereocenters. The zero-order chi connectivity index (χ0) is 17.5. The van der Waals surface area contributed by atoms with Gasteiger partial charge in [-0.2, -0.15) is 0 Å². The molecule has 1 N–H and O–H groups in total. The highest BCUT2D eigenvalue weighted by atomic mass is 79.9. The Morgan fingerprint density at radius 3 is 2.42 bits per heavy atom. The van der Waals surface area contributed by atoms with Crippen molar-refractivity contribution in [2.24, 2.45) is 0 Å². The van der Waals surface area contributed by atoms with Crippen LogP contribution in [0.2, 0.25) is 0 Å². The maximum absolute atomic E-state index is 12.4. The van der Waals surface area contributed by atoms with Crippen LogP contribution in [-0.4, -0.2) is 24.0 Å². The van der Waals surface area contributed by atoms with Crippen molar-refractivity contribution < 1.29 is 14.3 Å². The SMILES string of the molecule is CC(C)OC(=O)C(Cc1cccc(Br)c1)NC(=O)c1ccccc1. The second-order valence-electron chi connectivity index (χ2n) is 5.71. The van der Waals surface area contributed by atoms with Gasteiger partial charge >= 0.3 is 5.97 Å². The van der Waals surface area contributed by atoms with Gasteiger partial charge in [0.15, 0.2) is 0 Å². The van der Waals surface area contributed by atoms with Gasteiger partial charge < -0.3 is 10.1 Å². The molecule has 2 rings (SSSR count). The van der Waals surface area contributed by atoms with E-state index in [4.69, 9.17) is 4.74 Å². The molecule has 0 aliphatic heterocycles. The summed E-state index contributed by atoms with van der Waals surface area (Å²) in [5.41, 5.74) is 1.44. The minimum Gasteiger partial charge on any atom is -0.461 e. The number of nitrogens with one attached hydrogen (secondary N) is 1. The Labute approximate surface area is 150 Å². The number of hydrogen-bond acceptors (Lipinski definition) is 3. The average Bonchev–Trinajstić information content (AvgIpc) is 2.54. The van der Waals surface area contributed by atoms with E-state index in [2.05, 4.69) is 21.2 Å². The van der Waals surface area contributed by atoms with E-state index >= 15 is 0 Å². The highest BCUT2D eigenvalue weighted by molar-refractivity contribution is 9.10. The van der Waals surface area contributed by atoms with Crippen molar-refractivity contribution in [3.8, 4) is 0 Å². The van der Waals surface area contributed by atoms with Crippen molar-refractivity contribution in [3.63, 3.8) is 0 Å². The summed E-state index contributed by atoms with van der Waals surface area (Å²) in [6.07, 6.45) is 0.125. The van der Waals surface area contributed by atoms with Crippen LogP contribution in [-0.2, 0) is 16.0 Å². The van der Waals surface area contributed by atoms with E-state index in [-0.39, 0.29) is 12.0 Å². The van der Waals surface area contributed by atoms with Crippen LogP contribution in [0.4, 0.5) is 0 Å². The monoisotopic (exact) mass is 389 g/mol. The molecule has 4 nitrogen and oxygen atoms in total. The van der Waals surface area contributed by atoms with E-state index < -0.39 is 12.0 Å². The molecule has 0 saturated heterocycles. The quantitative estimate of drug-likeness (QED) is 0.765. The molecule has 0 radical (unpaired) electrons. The predicted octanol–water partition coefficient (Wildman–Crippen LogP) is 3.74. The van der Waals surface area contributed by atoms with Gasteiger partial charge in [0.1, 0.15) is 6.04 Å². The number of esters is 1. The fourth-order valence-electron chi connectivity index (χ4n) is 2.24. The Kier molecular flexibility index (Phi) is 6.55. The van der Waals surface area contributed by atoms with Crippen molar-refractivity contribution in [2.45, 2.75) is 32.4 Å². The van der Waals surface area contributed by atoms with E-state index in [0.29, 0.717) is 12.0 Å². The van der Waals surface area contributed by atoms with Crippen LogP contribution in [0.5, 0.6) is 0 Å². The average molecular weight is 390 g/mol. The number of rotatable bonds is 6. The molecule has 1 amide bonds. The third-order valence-electron chi connectivity index (χ3n) is 3.31. The fraction of sp³-hybridized carbons (Fsp3) is 0.263. The summed E-state index contributed by atoms with van der Waals surface area (Å²) in [5, 5.41) is 2.78. The van der Waals surface area contributed by atoms with E-state index in [0.717, 1.165) is 10.0 Å². The first-order chi connectivity index (χ1) is 11.5. The number of amides is 1. The zero-order valence-corrected chi connectivity index (χ0v) is 15.2. The lowest BCUT2D eigenvalue weighted by Crippen LogP contribution is -2.44. The molecular formula is C19H20BrNO3. The fourth-order valence-corrected chi connectivity index (χ4v) is 2.69. The van der Waals surface area contributed by atoms with Crippen LogP contribution in [0.15, 0.2) is 59.1 Å². The Balaban J connectivity index is 2.16. The van der Waals surface area contributed by atoms with Crippen molar-refractivity contribution in [3.05, 3.63) is 70.2 Å². The van der Waals surface area contributed by atoms with Gasteiger partial charge in [-0.3, -0.25) is 4.79 Å². The number of carbonyl (C=O) groups is 2. The molecule has 0 aromatic heterocycles. The first-order valence-electron chi connectivity index (χ1n) is 7.76. The zero-order valence-electron chi connectivity index (χ0n) is 13.7. The number of benzene rings is 2. The second kappa shape index (κ2) is 8.64. The molecule has 0 bridgehead atoms. The molecule has 0 saturated carbocycles. The molecule has 5 heteroatoms. The molecule has 2 aromatic rings. The largest absolute Gasteiger partial charge is 0.461 e. The van der Waals surface area contributed by atoms with Gasteiger partial charge in [-0.25, -0.2) is 4.79 Å². The first kappa shape index (κ1) is 18.2. The third-order valence-corrected chi connectivity index (χ3v) is 3.80. The summed E-state index contributed by atoms with van der Waals surface area (Å²) in [4.78, 5) is 24.7. The van der Waals surface area contributed by atoms with E-state index in [9.17, 15) is 9.59 Å². The lowest BCUT2D eigenvalue weighted by atomic mass is 10.1. The predicted molar refractivity (Wildman–Crippen MR) is 96.8 cm³/mol. The highest BCUT2D eigenvalue weighted by Gasteiger charge is 2.24. The molecule has 0 fully saturated rings. The van der Waals surface area contributed by atoms with Crippen molar-refractivity contribution in [1.29, 1.82) is 0 Å². The number of hydrogen-bond donors (Lipinski definition) is 1. The minimum absolute atomic E-state index is 0.240. The van der Waals surface area contributed by atoms with Gasteiger partial charge in [0.05, 0.1) is 6.10 Å². The smallest absolute Gasteiger partial charge is 0.329 e. The third kappa shape index (κ3) is 5.49. The van der Waals surface area contributed by atoms with Crippen LogP contribution in [0.3, 0.4) is 0 Å². The highest BCUT2D eigenvalue weighted by Crippen LogP contribution is 2.14. The molecular weight excluding hydrogens is 370 g/mol. The number of carbonyl (C=O) groups excluding carboxylic acids is 2. The molecule has 24 heavy (non-hydrogen) atoms. The van der Waals surface area contributed by atoms with Crippen LogP contribution < -0.4 is 5.32 Å². The molecule has 1 atom stereocenters. The molecule has 2 aromatic carbocycles. The van der Waals surface area contributed by atoms with Gasteiger partial charge in [-0.1, -0.05) is 46.3 Å². The summed E-state index contributed by atoms with van der Waals surface area (Å²) in [6.45, 7) is 3.57. The van der Waals surface area contributed by atoms with E-state index in [1.165, 1.54) is 0 Å². The Hall–Kier alpha value is -2.14. The topological polar surface area (TPSA) is 55.4 Å². The summed E-state index contributed by atoms with van der Waals surface area (Å²) in [7, 11) is 0. The van der Waals surface area contributed by atoms with Crippen molar-refractivity contribution >= 4 is 27.8 Å². The van der Waals surface area contributed by atoms with E-state index in [1.807, 2.05) is 30.3 Å². The second-order valence-corrected chi connectivity index (χ2v) is 6.63. The van der Waals surface area contributed by atoms with Crippen LogP contribution in [0.25, 0.3) is 0 Å². The molecule has 0 heterocycles.